The third-order valence-electron chi connectivity index (χ3n) is 4.40. The lowest BCUT2D eigenvalue weighted by atomic mass is 9.87. The zero-order valence-electron chi connectivity index (χ0n) is 13.3. The van der Waals surface area contributed by atoms with Gasteiger partial charge in [0.25, 0.3) is 0 Å². The molecule has 0 amide bonds. The first-order chi connectivity index (χ1) is 9.56. The van der Waals surface area contributed by atoms with E-state index in [0.29, 0.717) is 16.5 Å². The Hall–Kier alpha value is -0.670. The average Bonchev–Trinajstić information content (AvgIpc) is 2.46. The predicted molar refractivity (Wildman–Crippen MR) is 88.8 cm³/mol. The minimum absolute atomic E-state index is 0.431. The van der Waals surface area contributed by atoms with E-state index in [0.717, 1.165) is 11.7 Å². The molecule has 0 spiro atoms. The summed E-state index contributed by atoms with van der Waals surface area (Å²) in [6.45, 7) is 6.97. The first-order valence-electron chi connectivity index (χ1n) is 7.56. The number of aryl methyl sites for hydroxylation is 1. The van der Waals surface area contributed by atoms with Crippen molar-refractivity contribution in [1.82, 2.24) is 5.32 Å². The highest BCUT2D eigenvalue weighted by Crippen LogP contribution is 2.40. The number of hydrogen-bond donors (Lipinski definition) is 1. The van der Waals surface area contributed by atoms with Crippen LogP contribution in [0.3, 0.4) is 0 Å². The largest absolute Gasteiger partial charge is 0.497 e. The summed E-state index contributed by atoms with van der Waals surface area (Å²) in [4.78, 5) is 0. The predicted octanol–water partition coefficient (Wildman–Crippen LogP) is 4.05. The van der Waals surface area contributed by atoms with Gasteiger partial charge in [0, 0.05) is 16.5 Å². The van der Waals surface area contributed by atoms with Crippen molar-refractivity contribution in [3.8, 4) is 5.75 Å². The summed E-state index contributed by atoms with van der Waals surface area (Å²) < 4.78 is 5.39. The summed E-state index contributed by atoms with van der Waals surface area (Å²) in [6.07, 6.45) is 2.44. The van der Waals surface area contributed by atoms with Gasteiger partial charge in [-0.2, -0.15) is 11.8 Å². The summed E-state index contributed by atoms with van der Waals surface area (Å²) in [5.41, 5.74) is 2.89. The zero-order valence-corrected chi connectivity index (χ0v) is 14.1. The van der Waals surface area contributed by atoms with E-state index in [1.165, 1.54) is 24.0 Å². The molecule has 0 radical (unpaired) electrons. The van der Waals surface area contributed by atoms with Crippen LogP contribution >= 0.6 is 11.8 Å². The minimum Gasteiger partial charge on any atom is -0.497 e. The number of thioether (sulfide) groups is 1. The molecule has 1 N–H and O–H groups in total. The number of ether oxygens (including phenoxy) is 1. The number of benzene rings is 1. The molecule has 1 aliphatic rings. The van der Waals surface area contributed by atoms with Crippen molar-refractivity contribution < 1.29 is 4.74 Å². The van der Waals surface area contributed by atoms with Crippen molar-refractivity contribution in [1.29, 1.82) is 0 Å². The Kier molecular flexibility index (Phi) is 5.39. The Morgan fingerprint density at radius 3 is 2.65 bits per heavy atom. The fourth-order valence-electron chi connectivity index (χ4n) is 2.80. The molecule has 3 unspecified atom stereocenters. The lowest BCUT2D eigenvalue weighted by Crippen LogP contribution is -2.33. The van der Waals surface area contributed by atoms with Gasteiger partial charge in [0.1, 0.15) is 5.75 Å². The van der Waals surface area contributed by atoms with Crippen LogP contribution in [0, 0.1) is 5.92 Å². The van der Waals surface area contributed by atoms with Crippen LogP contribution in [-0.4, -0.2) is 24.7 Å². The molecule has 0 fully saturated rings. The summed E-state index contributed by atoms with van der Waals surface area (Å²) in [7, 11) is 3.82. The molecule has 2 rings (SSSR count). The van der Waals surface area contributed by atoms with Gasteiger partial charge >= 0.3 is 0 Å². The van der Waals surface area contributed by atoms with E-state index in [1.807, 2.05) is 0 Å². The maximum absolute atomic E-state index is 5.39. The molecule has 0 saturated carbocycles. The van der Waals surface area contributed by atoms with Gasteiger partial charge in [-0.15, -0.1) is 0 Å². The molecule has 1 aliphatic carbocycles. The maximum atomic E-state index is 5.39. The fraction of sp³-hybridized carbons (Fsp3) is 0.647. The van der Waals surface area contributed by atoms with Crippen LogP contribution in [-0.2, 0) is 6.42 Å². The van der Waals surface area contributed by atoms with Crippen LogP contribution < -0.4 is 10.1 Å². The van der Waals surface area contributed by atoms with Gasteiger partial charge in [-0.3, -0.25) is 0 Å². The molecule has 2 nitrogen and oxygen atoms in total. The number of rotatable bonds is 5. The van der Waals surface area contributed by atoms with E-state index >= 15 is 0 Å². The van der Waals surface area contributed by atoms with Crippen molar-refractivity contribution in [2.24, 2.45) is 5.92 Å². The highest BCUT2D eigenvalue weighted by molar-refractivity contribution is 8.00. The molecule has 3 atom stereocenters. The second-order valence-corrected chi connectivity index (χ2v) is 7.61. The number of fused-ring (bicyclic) bond motifs is 1. The van der Waals surface area contributed by atoms with Crippen LogP contribution in [0.2, 0.25) is 0 Å². The molecule has 1 aromatic rings. The van der Waals surface area contributed by atoms with Gasteiger partial charge in [-0.1, -0.05) is 26.8 Å². The maximum Gasteiger partial charge on any atom is 0.119 e. The Morgan fingerprint density at radius 2 is 2.05 bits per heavy atom. The highest BCUT2D eigenvalue weighted by Gasteiger charge is 2.30. The molecule has 20 heavy (non-hydrogen) atoms. The van der Waals surface area contributed by atoms with Gasteiger partial charge in [-0.05, 0) is 49.1 Å². The van der Waals surface area contributed by atoms with Crippen LogP contribution in [0.15, 0.2) is 18.2 Å². The smallest absolute Gasteiger partial charge is 0.119 e. The monoisotopic (exact) mass is 293 g/mol. The minimum atomic E-state index is 0.431. The van der Waals surface area contributed by atoms with Crippen LogP contribution in [0.1, 0.15) is 44.4 Å². The Balaban J connectivity index is 2.22. The van der Waals surface area contributed by atoms with Crippen LogP contribution in [0.4, 0.5) is 0 Å². The van der Waals surface area contributed by atoms with E-state index in [1.54, 1.807) is 7.11 Å². The second kappa shape index (κ2) is 6.86. The molecule has 112 valence electrons. The molecule has 3 heteroatoms. The third kappa shape index (κ3) is 3.32. The van der Waals surface area contributed by atoms with E-state index in [-0.39, 0.29) is 0 Å². The van der Waals surface area contributed by atoms with E-state index in [4.69, 9.17) is 4.74 Å². The zero-order chi connectivity index (χ0) is 14.7. The molecule has 0 aliphatic heterocycles. The first-order valence-corrected chi connectivity index (χ1v) is 8.50. The summed E-state index contributed by atoms with van der Waals surface area (Å²) in [6, 6.07) is 6.95. The number of hydrogen-bond acceptors (Lipinski definition) is 3. The summed E-state index contributed by atoms with van der Waals surface area (Å²) in [5.74, 6) is 1.69. The summed E-state index contributed by atoms with van der Waals surface area (Å²) in [5, 5.41) is 4.88. The second-order valence-electron chi connectivity index (χ2n) is 5.99. The SMILES string of the molecule is CNC1c2cc(OC)ccc2CCC1SC(C)C(C)C. The Morgan fingerprint density at radius 1 is 1.30 bits per heavy atom. The topological polar surface area (TPSA) is 21.3 Å². The molecule has 1 aromatic carbocycles. The molecular formula is C17H27NOS. The molecule has 0 saturated heterocycles. The van der Waals surface area contributed by atoms with Crippen LogP contribution in [0.5, 0.6) is 5.75 Å². The van der Waals surface area contributed by atoms with Gasteiger partial charge in [0.15, 0.2) is 0 Å². The molecular weight excluding hydrogens is 266 g/mol. The van der Waals surface area contributed by atoms with Crippen molar-refractivity contribution >= 4 is 11.8 Å². The lowest BCUT2D eigenvalue weighted by Gasteiger charge is -2.35. The Labute approximate surface area is 127 Å². The summed E-state index contributed by atoms with van der Waals surface area (Å²) >= 11 is 2.14. The molecule has 0 aromatic heterocycles. The first kappa shape index (κ1) is 15.7. The number of methoxy groups -OCH3 is 1. The third-order valence-corrected chi connectivity index (χ3v) is 6.23. The quantitative estimate of drug-likeness (QED) is 0.885. The van der Waals surface area contributed by atoms with Gasteiger partial charge in [0.2, 0.25) is 0 Å². The highest BCUT2D eigenvalue weighted by atomic mass is 32.2. The molecule has 0 heterocycles. The van der Waals surface area contributed by atoms with Crippen LogP contribution in [0.25, 0.3) is 0 Å². The van der Waals surface area contributed by atoms with Gasteiger partial charge in [0.05, 0.1) is 7.11 Å². The lowest BCUT2D eigenvalue weighted by molar-refractivity contribution is 0.411. The van der Waals surface area contributed by atoms with Crippen molar-refractivity contribution in [3.63, 3.8) is 0 Å². The number of nitrogens with one attached hydrogen (secondary N) is 1. The van der Waals surface area contributed by atoms with Gasteiger partial charge < -0.3 is 10.1 Å². The van der Waals surface area contributed by atoms with Crippen molar-refractivity contribution in [2.45, 2.75) is 50.2 Å². The average molecular weight is 293 g/mol. The fourth-order valence-corrected chi connectivity index (χ4v) is 4.36. The van der Waals surface area contributed by atoms with E-state index in [9.17, 15) is 0 Å². The van der Waals surface area contributed by atoms with E-state index in [2.05, 4.69) is 63.1 Å². The molecule has 0 bridgehead atoms. The van der Waals surface area contributed by atoms with Gasteiger partial charge in [-0.25, -0.2) is 0 Å². The van der Waals surface area contributed by atoms with Crippen molar-refractivity contribution in [3.05, 3.63) is 29.3 Å². The normalized spacial score (nSPS) is 23.5. The van der Waals surface area contributed by atoms with E-state index < -0.39 is 0 Å². The van der Waals surface area contributed by atoms with Crippen molar-refractivity contribution in [2.75, 3.05) is 14.2 Å². The standard InChI is InChI=1S/C17H27NOS/c1-11(2)12(3)20-16-9-7-13-6-8-14(19-5)10-15(13)17(16)18-4/h6,8,10-12,16-18H,7,9H2,1-5H3. The Bertz CT molecular complexity index is 447.